The van der Waals surface area contributed by atoms with Crippen molar-refractivity contribution in [1.29, 1.82) is 0 Å². The Hall–Kier alpha value is -0.760. The summed E-state index contributed by atoms with van der Waals surface area (Å²) in [5.41, 5.74) is 7.11. The Morgan fingerprint density at radius 1 is 0.481 bits per heavy atom. The number of rotatable bonds is 18. The second-order valence-electron chi connectivity index (χ2n) is 17.7. The predicted octanol–water partition coefficient (Wildman–Crippen LogP) is 11.3. The van der Waals surface area contributed by atoms with E-state index >= 15 is 0 Å². The summed E-state index contributed by atoms with van der Waals surface area (Å²) in [5, 5.41) is 0. The molecule has 6 rings (SSSR count). The van der Waals surface area contributed by atoms with Gasteiger partial charge in [0.15, 0.2) is 0 Å². The van der Waals surface area contributed by atoms with E-state index in [0.717, 1.165) is 48.5 Å². The molecule has 4 aliphatic rings. The highest BCUT2D eigenvalue weighted by Crippen LogP contribution is 2.77. The van der Waals surface area contributed by atoms with Gasteiger partial charge < -0.3 is 0 Å². The standard InChI is InChI=1S/C42H68N2O6P2S2/c45-53(46,47)31-17-15-29-51(35-19-5-1-6-20-35,36-21-7-2-8-22-36)33-41-42(44-40-28-14-13-27-39(40)43-41)34-52(37-23-9-3-10-24-37,38-25-11-4-12-26-38)30-16-18-32-54(48,49)50/h13-14,27-28,35-38H,1-12,15-26,29-34H2/p+2. The van der Waals surface area contributed by atoms with Gasteiger partial charge in [-0.25, -0.2) is 9.97 Å². The normalized spacial score (nSPS) is 21.1. The smallest absolute Gasteiger partial charge is 0.264 e. The lowest BCUT2D eigenvalue weighted by Gasteiger charge is -2.45. The molecule has 304 valence electrons. The summed E-state index contributed by atoms with van der Waals surface area (Å²) in [5.74, 6) is -0.312. The van der Waals surface area contributed by atoms with E-state index < -0.39 is 34.8 Å². The van der Waals surface area contributed by atoms with Crippen LogP contribution in [0.1, 0.15) is 165 Å². The molecule has 1 aromatic carbocycles. The van der Waals surface area contributed by atoms with Crippen LogP contribution in [0.2, 0.25) is 0 Å². The van der Waals surface area contributed by atoms with Crippen molar-refractivity contribution in [2.75, 3.05) is 23.8 Å². The largest absolute Gasteiger partial charge is 0.286 e. The summed E-state index contributed by atoms with van der Waals surface area (Å²) in [6, 6.07) is 8.42. The van der Waals surface area contributed by atoms with Crippen LogP contribution in [0.3, 0.4) is 0 Å². The zero-order valence-corrected chi connectivity index (χ0v) is 36.4. The lowest BCUT2D eigenvalue weighted by molar-refractivity contribution is 0.473. The molecule has 0 spiro atoms. The first kappa shape index (κ1) is 42.8. The summed E-state index contributed by atoms with van der Waals surface area (Å²) in [6.07, 6.45) is 32.5. The number of unbranched alkanes of at least 4 members (excludes halogenated alkanes) is 2. The van der Waals surface area contributed by atoms with Crippen LogP contribution in [0.25, 0.3) is 11.0 Å². The molecule has 0 bridgehead atoms. The topological polar surface area (TPSA) is 135 Å². The Bertz CT molecular complexity index is 1540. The molecule has 0 aliphatic heterocycles. The fraction of sp³-hybridized carbons (Fsp3) is 0.810. The fourth-order valence-electron chi connectivity index (χ4n) is 11.6. The Labute approximate surface area is 328 Å². The minimum atomic E-state index is -4.00. The summed E-state index contributed by atoms with van der Waals surface area (Å²) >= 11 is 0. The maximum atomic E-state index is 11.9. The van der Waals surface area contributed by atoms with E-state index in [2.05, 4.69) is 24.3 Å². The monoisotopic (exact) mass is 824 g/mol. The average molecular weight is 825 g/mol. The van der Waals surface area contributed by atoms with Crippen LogP contribution in [0.5, 0.6) is 0 Å². The van der Waals surface area contributed by atoms with Crippen molar-refractivity contribution in [3.8, 4) is 0 Å². The van der Waals surface area contributed by atoms with Gasteiger partial charge in [0.2, 0.25) is 0 Å². The van der Waals surface area contributed by atoms with Gasteiger partial charge in [0, 0.05) is 14.5 Å². The summed E-state index contributed by atoms with van der Waals surface area (Å²) in [6.45, 7) is 0. The van der Waals surface area contributed by atoms with E-state index in [1.54, 1.807) is 0 Å². The molecular weight excluding hydrogens is 755 g/mol. The van der Waals surface area contributed by atoms with Crippen LogP contribution in [-0.2, 0) is 32.6 Å². The molecule has 1 heterocycles. The number of fused-ring (bicyclic) bond motifs is 1. The van der Waals surface area contributed by atoms with E-state index in [4.69, 9.17) is 9.97 Å². The van der Waals surface area contributed by atoms with Crippen molar-refractivity contribution in [2.24, 2.45) is 0 Å². The van der Waals surface area contributed by atoms with Gasteiger partial charge >= 0.3 is 0 Å². The molecule has 0 unspecified atom stereocenters. The van der Waals surface area contributed by atoms with Crippen LogP contribution >= 0.6 is 14.5 Å². The van der Waals surface area contributed by atoms with Gasteiger partial charge in [-0.2, -0.15) is 16.8 Å². The van der Waals surface area contributed by atoms with Gasteiger partial charge in [-0.3, -0.25) is 9.11 Å². The fourth-order valence-corrected chi connectivity index (χ4v) is 25.6. The predicted molar refractivity (Wildman–Crippen MR) is 229 cm³/mol. The molecule has 8 nitrogen and oxygen atoms in total. The molecule has 0 saturated heterocycles. The Morgan fingerprint density at radius 3 is 1.06 bits per heavy atom. The highest BCUT2D eigenvalue weighted by Gasteiger charge is 2.55. The molecule has 2 N–H and O–H groups in total. The van der Waals surface area contributed by atoms with E-state index in [1.165, 1.54) is 140 Å². The van der Waals surface area contributed by atoms with E-state index in [9.17, 15) is 25.9 Å². The van der Waals surface area contributed by atoms with Crippen molar-refractivity contribution in [3.05, 3.63) is 35.7 Å². The first-order valence-electron chi connectivity index (χ1n) is 21.9. The summed E-state index contributed by atoms with van der Waals surface area (Å²) in [4.78, 5) is 11.3. The molecule has 4 aliphatic carbocycles. The zero-order valence-electron chi connectivity index (χ0n) is 33.0. The van der Waals surface area contributed by atoms with Crippen molar-refractivity contribution >= 4 is 45.8 Å². The van der Waals surface area contributed by atoms with Crippen molar-refractivity contribution < 1.29 is 25.9 Å². The van der Waals surface area contributed by atoms with Crippen LogP contribution in [0, 0.1) is 0 Å². The van der Waals surface area contributed by atoms with Gasteiger partial charge in [-0.1, -0.05) is 37.8 Å². The van der Waals surface area contributed by atoms with Crippen LogP contribution in [-0.4, -0.2) is 82.4 Å². The maximum Gasteiger partial charge on any atom is 0.264 e. The van der Waals surface area contributed by atoms with Gasteiger partial charge in [-0.05, 0) is 141 Å². The molecule has 12 heteroatoms. The van der Waals surface area contributed by atoms with Crippen molar-refractivity contribution in [3.63, 3.8) is 0 Å². The Morgan fingerprint density at radius 2 is 0.778 bits per heavy atom. The molecule has 1 aromatic heterocycles. The van der Waals surface area contributed by atoms with Gasteiger partial charge in [0.25, 0.3) is 20.2 Å². The highest BCUT2D eigenvalue weighted by atomic mass is 32.2. The van der Waals surface area contributed by atoms with Crippen molar-refractivity contribution in [1.82, 2.24) is 9.97 Å². The van der Waals surface area contributed by atoms with Gasteiger partial charge in [0.1, 0.15) is 23.7 Å². The lowest BCUT2D eigenvalue weighted by Crippen LogP contribution is -2.33. The van der Waals surface area contributed by atoms with E-state index in [1.807, 2.05) is 0 Å². The minimum absolute atomic E-state index is 0.156. The molecule has 0 atom stereocenters. The van der Waals surface area contributed by atoms with Crippen LogP contribution in [0.4, 0.5) is 0 Å². The van der Waals surface area contributed by atoms with Crippen LogP contribution < -0.4 is 0 Å². The number of nitrogens with zero attached hydrogens (tertiary/aromatic N) is 2. The number of hydrogen-bond donors (Lipinski definition) is 2. The summed E-state index contributed by atoms with van der Waals surface area (Å²) < 4.78 is 66.8. The summed E-state index contributed by atoms with van der Waals surface area (Å²) in [7, 11) is -11.4. The molecule has 54 heavy (non-hydrogen) atoms. The number of hydrogen-bond acceptors (Lipinski definition) is 6. The number of aromatic nitrogens is 2. The molecule has 0 amide bonds. The van der Waals surface area contributed by atoms with Gasteiger partial charge in [-0.15, -0.1) is 0 Å². The third-order valence-corrected chi connectivity index (χ3v) is 27.8. The second kappa shape index (κ2) is 19.8. The SMILES string of the molecule is O=S(=O)(O)CCCC[P+](Cc1nc2ccccc2nc1C[P+](CCCCS(=O)(=O)O)(C1CCCCC1)C1CCCCC1)(C1CCCCC1)C1CCCCC1. The Balaban J connectivity index is 1.45. The molecule has 4 saturated carbocycles. The van der Waals surface area contributed by atoms with E-state index in [-0.39, 0.29) is 11.5 Å². The quantitative estimate of drug-likeness (QED) is 0.0862. The molecule has 0 radical (unpaired) electrons. The average Bonchev–Trinajstić information content (AvgIpc) is 3.18. The third-order valence-electron chi connectivity index (χ3n) is 14.3. The minimum Gasteiger partial charge on any atom is -0.286 e. The highest BCUT2D eigenvalue weighted by molar-refractivity contribution is 7.86. The second-order valence-corrected chi connectivity index (χ2v) is 29.7. The number of para-hydroxylation sites is 2. The van der Waals surface area contributed by atoms with Gasteiger partial charge in [0.05, 0.1) is 57.5 Å². The Kier molecular flexibility index (Phi) is 15.7. The third kappa shape index (κ3) is 11.5. The molecular formula is C42H70N2O6P2S2+2. The first-order chi connectivity index (χ1) is 26.0. The van der Waals surface area contributed by atoms with Crippen LogP contribution in [0.15, 0.2) is 24.3 Å². The number of benzene rings is 1. The van der Waals surface area contributed by atoms with Crippen molar-refractivity contribution in [2.45, 2.75) is 189 Å². The van der Waals surface area contributed by atoms with E-state index in [0.29, 0.717) is 35.5 Å². The first-order valence-corrected chi connectivity index (χ1v) is 29.7. The molecule has 4 fully saturated rings. The lowest BCUT2D eigenvalue weighted by atomic mass is 9.99. The maximum absolute atomic E-state index is 11.9. The molecule has 2 aromatic rings. The zero-order chi connectivity index (χ0) is 38.1.